The number of esters is 1. The van der Waals surface area contributed by atoms with Crippen molar-refractivity contribution in [1.82, 2.24) is 0 Å². The Morgan fingerprint density at radius 3 is 2.50 bits per heavy atom. The van der Waals surface area contributed by atoms with E-state index in [2.05, 4.69) is 11.8 Å². The molecule has 158 valence electrons. The predicted molar refractivity (Wildman–Crippen MR) is 121 cm³/mol. The number of carbonyl (C=O) groups is 1. The summed E-state index contributed by atoms with van der Waals surface area (Å²) >= 11 is 0. The number of fused-ring (bicyclic) bond motifs is 2. The minimum Gasteiger partial charge on any atom is -0.497 e. The zero-order chi connectivity index (χ0) is 22.3. The van der Waals surface area contributed by atoms with Crippen molar-refractivity contribution in [3.8, 4) is 34.7 Å². The summed E-state index contributed by atoms with van der Waals surface area (Å²) in [7, 11) is 1.62. The summed E-state index contributed by atoms with van der Waals surface area (Å²) in [4.78, 5) is 12.6. The van der Waals surface area contributed by atoms with Gasteiger partial charge in [0.2, 0.25) is 5.79 Å². The number of benzene rings is 3. The van der Waals surface area contributed by atoms with Crippen LogP contribution < -0.4 is 9.47 Å². The van der Waals surface area contributed by atoms with E-state index in [0.717, 1.165) is 22.3 Å². The molecule has 5 heteroatoms. The Morgan fingerprint density at radius 2 is 1.72 bits per heavy atom. The SMILES string of the molecule is COc1cccc(C#Cc2c(-c3ccccc3)oc3cc4c(cc23)C(=O)OC(C)(C)O4)c1. The van der Waals surface area contributed by atoms with E-state index in [1.165, 1.54) is 0 Å². The zero-order valence-corrected chi connectivity index (χ0v) is 17.9. The van der Waals surface area contributed by atoms with Gasteiger partial charge in [0, 0.05) is 36.4 Å². The smallest absolute Gasteiger partial charge is 0.345 e. The molecule has 0 unspecified atom stereocenters. The quantitative estimate of drug-likeness (QED) is 0.301. The van der Waals surface area contributed by atoms with Crippen LogP contribution in [-0.4, -0.2) is 18.9 Å². The van der Waals surface area contributed by atoms with E-state index in [4.69, 9.17) is 18.6 Å². The Morgan fingerprint density at radius 1 is 0.906 bits per heavy atom. The van der Waals surface area contributed by atoms with Gasteiger partial charge >= 0.3 is 5.97 Å². The van der Waals surface area contributed by atoms with Crippen molar-refractivity contribution in [2.45, 2.75) is 19.6 Å². The average Bonchev–Trinajstić information content (AvgIpc) is 3.14. The highest BCUT2D eigenvalue weighted by Crippen LogP contribution is 2.40. The summed E-state index contributed by atoms with van der Waals surface area (Å²) in [5.74, 6) is 6.75. The Kier molecular flexibility index (Phi) is 4.64. The van der Waals surface area contributed by atoms with Gasteiger partial charge in [-0.2, -0.15) is 0 Å². The first-order chi connectivity index (χ1) is 15.4. The van der Waals surface area contributed by atoms with Gasteiger partial charge in [-0.15, -0.1) is 0 Å². The van der Waals surface area contributed by atoms with Gasteiger partial charge in [0.1, 0.15) is 22.6 Å². The molecular weight excluding hydrogens is 404 g/mol. The number of hydrogen-bond donors (Lipinski definition) is 0. The molecule has 0 bridgehead atoms. The Balaban J connectivity index is 1.72. The van der Waals surface area contributed by atoms with Crippen molar-refractivity contribution in [1.29, 1.82) is 0 Å². The number of hydrogen-bond acceptors (Lipinski definition) is 5. The summed E-state index contributed by atoms with van der Waals surface area (Å²) in [6.07, 6.45) is 0. The lowest BCUT2D eigenvalue weighted by atomic mass is 10.0. The number of cyclic esters (lactones) is 1. The monoisotopic (exact) mass is 424 g/mol. The van der Waals surface area contributed by atoms with Gasteiger partial charge in [-0.05, 0) is 24.3 Å². The second-order valence-electron chi connectivity index (χ2n) is 7.89. The Labute approximate surface area is 185 Å². The van der Waals surface area contributed by atoms with Crippen LogP contribution in [0.25, 0.3) is 22.3 Å². The summed E-state index contributed by atoms with van der Waals surface area (Å²) in [6, 6.07) is 20.7. The van der Waals surface area contributed by atoms with Crippen LogP contribution in [-0.2, 0) is 4.74 Å². The van der Waals surface area contributed by atoms with E-state index >= 15 is 0 Å². The topological polar surface area (TPSA) is 57.9 Å². The third-order valence-corrected chi connectivity index (χ3v) is 5.14. The molecule has 3 aromatic carbocycles. The van der Waals surface area contributed by atoms with Gasteiger partial charge < -0.3 is 18.6 Å². The molecule has 0 aliphatic carbocycles. The average molecular weight is 424 g/mol. The molecule has 4 aromatic rings. The van der Waals surface area contributed by atoms with Crippen molar-refractivity contribution in [3.05, 3.63) is 83.4 Å². The molecule has 0 N–H and O–H groups in total. The van der Waals surface area contributed by atoms with Gasteiger partial charge in [-0.1, -0.05) is 48.2 Å². The third-order valence-electron chi connectivity index (χ3n) is 5.14. The maximum absolute atomic E-state index is 12.6. The molecule has 0 saturated carbocycles. The fraction of sp³-hybridized carbons (Fsp3) is 0.148. The molecule has 32 heavy (non-hydrogen) atoms. The lowest BCUT2D eigenvalue weighted by Crippen LogP contribution is -2.38. The molecule has 1 aliphatic heterocycles. The normalized spacial score (nSPS) is 14.0. The van der Waals surface area contributed by atoms with Crippen LogP contribution in [0, 0.1) is 11.8 Å². The van der Waals surface area contributed by atoms with E-state index < -0.39 is 11.8 Å². The highest BCUT2D eigenvalue weighted by Gasteiger charge is 2.35. The molecule has 0 amide bonds. The number of furan rings is 1. The zero-order valence-electron chi connectivity index (χ0n) is 17.9. The summed E-state index contributed by atoms with van der Waals surface area (Å²) < 4.78 is 22.8. The first-order valence-corrected chi connectivity index (χ1v) is 10.2. The number of rotatable bonds is 2. The van der Waals surface area contributed by atoms with Crippen molar-refractivity contribution in [2.24, 2.45) is 0 Å². The van der Waals surface area contributed by atoms with Crippen LogP contribution >= 0.6 is 0 Å². The maximum atomic E-state index is 12.6. The van der Waals surface area contributed by atoms with Crippen molar-refractivity contribution < 1.29 is 23.4 Å². The Bertz CT molecular complexity index is 1400. The fourth-order valence-electron chi connectivity index (χ4n) is 3.68. The van der Waals surface area contributed by atoms with Crippen LogP contribution in [0.2, 0.25) is 0 Å². The summed E-state index contributed by atoms with van der Waals surface area (Å²) in [5, 5.41) is 0.721. The van der Waals surface area contributed by atoms with Gasteiger partial charge in [0.25, 0.3) is 0 Å². The molecule has 0 spiro atoms. The fourth-order valence-corrected chi connectivity index (χ4v) is 3.68. The molecule has 0 fully saturated rings. The van der Waals surface area contributed by atoms with Crippen LogP contribution in [0.5, 0.6) is 11.5 Å². The van der Waals surface area contributed by atoms with Crippen molar-refractivity contribution in [2.75, 3.05) is 7.11 Å². The van der Waals surface area contributed by atoms with Crippen molar-refractivity contribution in [3.63, 3.8) is 0 Å². The second kappa shape index (κ2) is 7.51. The number of ether oxygens (including phenoxy) is 3. The molecular formula is C27H20O5. The van der Waals surface area contributed by atoms with E-state index in [-0.39, 0.29) is 0 Å². The largest absolute Gasteiger partial charge is 0.497 e. The highest BCUT2D eigenvalue weighted by molar-refractivity contribution is 6.01. The predicted octanol–water partition coefficient (Wildman–Crippen LogP) is 5.79. The highest BCUT2D eigenvalue weighted by atomic mass is 16.7. The third kappa shape index (κ3) is 3.57. The second-order valence-corrected chi connectivity index (χ2v) is 7.89. The summed E-state index contributed by atoms with van der Waals surface area (Å²) in [6.45, 7) is 3.39. The maximum Gasteiger partial charge on any atom is 0.345 e. The standard InChI is InChI=1S/C27H20O5/c1-27(2)31-24-16-23-21(15-22(24)26(28)32-27)20(25(30-23)18-9-5-4-6-10-18)13-12-17-8-7-11-19(14-17)29-3/h4-11,14-16H,1-3H3. The van der Waals surface area contributed by atoms with Gasteiger partial charge in [0.05, 0.1) is 12.7 Å². The van der Waals surface area contributed by atoms with Crippen LogP contribution in [0.4, 0.5) is 0 Å². The van der Waals surface area contributed by atoms with E-state index in [9.17, 15) is 4.79 Å². The molecule has 5 nitrogen and oxygen atoms in total. The lowest BCUT2D eigenvalue weighted by Gasteiger charge is -2.31. The van der Waals surface area contributed by atoms with Gasteiger partial charge in [-0.3, -0.25) is 0 Å². The molecule has 0 radical (unpaired) electrons. The lowest BCUT2D eigenvalue weighted by molar-refractivity contribution is -0.127. The van der Waals surface area contributed by atoms with E-state index in [0.29, 0.717) is 28.2 Å². The molecule has 0 saturated heterocycles. The minimum atomic E-state index is -1.04. The van der Waals surface area contributed by atoms with Crippen LogP contribution in [0.15, 0.2) is 71.1 Å². The van der Waals surface area contributed by atoms with E-state index in [1.807, 2.05) is 54.6 Å². The minimum absolute atomic E-state index is 0.349. The molecule has 0 atom stereocenters. The van der Waals surface area contributed by atoms with Gasteiger partial charge in [-0.25, -0.2) is 4.79 Å². The number of carbonyl (C=O) groups excluding carboxylic acids is 1. The Hall–Kier alpha value is -4.17. The van der Waals surface area contributed by atoms with E-state index in [1.54, 1.807) is 33.1 Å². The van der Waals surface area contributed by atoms with Gasteiger partial charge in [0.15, 0.2) is 5.76 Å². The molecule has 5 rings (SSSR count). The first-order valence-electron chi connectivity index (χ1n) is 10.2. The molecule has 2 heterocycles. The first kappa shape index (κ1) is 19.8. The van der Waals surface area contributed by atoms with Crippen molar-refractivity contribution >= 4 is 16.9 Å². The van der Waals surface area contributed by atoms with Crippen LogP contribution in [0.1, 0.15) is 35.3 Å². The molecule has 1 aromatic heterocycles. The molecule has 1 aliphatic rings. The number of methoxy groups -OCH3 is 1. The van der Waals surface area contributed by atoms with Crippen LogP contribution in [0.3, 0.4) is 0 Å². The summed E-state index contributed by atoms with van der Waals surface area (Å²) in [5.41, 5.74) is 3.32.